The number of hydrogen-bond donors (Lipinski definition) is 0. The third-order valence-electron chi connectivity index (χ3n) is 3.50. The molecule has 2 aromatic rings. The van der Waals surface area contributed by atoms with Gasteiger partial charge >= 0.3 is 0 Å². The Kier molecular flexibility index (Phi) is 3.75. The van der Waals surface area contributed by atoms with Gasteiger partial charge in [-0.05, 0) is 24.1 Å². The summed E-state index contributed by atoms with van der Waals surface area (Å²) >= 11 is 0. The van der Waals surface area contributed by atoms with Gasteiger partial charge in [0.05, 0.1) is 6.61 Å². The topological polar surface area (TPSA) is 64.3 Å². The van der Waals surface area contributed by atoms with E-state index in [1.807, 2.05) is 12.4 Å². The van der Waals surface area contributed by atoms with Crippen LogP contribution in [-0.2, 0) is 11.3 Å². The standard InChI is InChI=1S/C14H18N4O2/c1-10-7-15-4-3-12(10)8-18-5-6-19-13(9-18)14-17-16-11(2)20-14/h3-4,7,13H,5-6,8-9H2,1-2H3. The van der Waals surface area contributed by atoms with Crippen molar-refractivity contribution in [1.29, 1.82) is 0 Å². The highest BCUT2D eigenvalue weighted by Crippen LogP contribution is 2.22. The van der Waals surface area contributed by atoms with Crippen molar-refractivity contribution in [2.24, 2.45) is 0 Å². The predicted octanol–water partition coefficient (Wildman–Crippen LogP) is 1.65. The molecule has 0 N–H and O–H groups in total. The fraction of sp³-hybridized carbons (Fsp3) is 0.500. The lowest BCUT2D eigenvalue weighted by atomic mass is 10.1. The molecule has 3 heterocycles. The summed E-state index contributed by atoms with van der Waals surface area (Å²) in [6.45, 7) is 7.12. The Balaban J connectivity index is 1.68. The minimum absolute atomic E-state index is 0.132. The zero-order valence-electron chi connectivity index (χ0n) is 11.7. The van der Waals surface area contributed by atoms with Crippen molar-refractivity contribution in [3.8, 4) is 0 Å². The highest BCUT2D eigenvalue weighted by Gasteiger charge is 2.26. The number of ether oxygens (including phenoxy) is 1. The van der Waals surface area contributed by atoms with E-state index < -0.39 is 0 Å². The molecule has 20 heavy (non-hydrogen) atoms. The van der Waals surface area contributed by atoms with Crippen molar-refractivity contribution in [3.63, 3.8) is 0 Å². The summed E-state index contributed by atoms with van der Waals surface area (Å²) in [5, 5.41) is 7.91. The van der Waals surface area contributed by atoms with Crippen LogP contribution in [-0.4, -0.2) is 39.8 Å². The van der Waals surface area contributed by atoms with Crippen molar-refractivity contribution in [2.45, 2.75) is 26.5 Å². The van der Waals surface area contributed by atoms with Crippen molar-refractivity contribution in [3.05, 3.63) is 41.4 Å². The molecule has 1 aliphatic rings. The van der Waals surface area contributed by atoms with Crippen LogP contribution in [0.15, 0.2) is 22.9 Å². The van der Waals surface area contributed by atoms with Crippen molar-refractivity contribution in [2.75, 3.05) is 19.7 Å². The van der Waals surface area contributed by atoms with Crippen LogP contribution in [0.25, 0.3) is 0 Å². The van der Waals surface area contributed by atoms with E-state index in [2.05, 4.69) is 33.1 Å². The van der Waals surface area contributed by atoms with Gasteiger partial charge in [0.15, 0.2) is 0 Å². The Bertz CT molecular complexity index is 584. The molecule has 0 aromatic carbocycles. The number of aromatic nitrogens is 3. The van der Waals surface area contributed by atoms with Gasteiger partial charge in [0.1, 0.15) is 6.10 Å². The maximum atomic E-state index is 5.73. The van der Waals surface area contributed by atoms with Gasteiger partial charge in [0.25, 0.3) is 0 Å². The first-order valence-corrected chi connectivity index (χ1v) is 6.76. The lowest BCUT2D eigenvalue weighted by molar-refractivity contribution is -0.0457. The summed E-state index contributed by atoms with van der Waals surface area (Å²) in [5.74, 6) is 1.14. The molecular formula is C14H18N4O2. The van der Waals surface area contributed by atoms with Gasteiger partial charge in [0, 0.05) is 39.0 Å². The van der Waals surface area contributed by atoms with Crippen LogP contribution in [0.3, 0.4) is 0 Å². The van der Waals surface area contributed by atoms with Gasteiger partial charge in [-0.15, -0.1) is 10.2 Å². The lowest BCUT2D eigenvalue weighted by Crippen LogP contribution is -2.38. The second kappa shape index (κ2) is 5.68. The summed E-state index contributed by atoms with van der Waals surface area (Å²) < 4.78 is 11.2. The zero-order valence-corrected chi connectivity index (χ0v) is 11.7. The Hall–Kier alpha value is -1.79. The second-order valence-corrected chi connectivity index (χ2v) is 5.06. The van der Waals surface area contributed by atoms with Gasteiger partial charge in [-0.2, -0.15) is 0 Å². The largest absolute Gasteiger partial charge is 0.423 e. The van der Waals surface area contributed by atoms with Gasteiger partial charge in [-0.25, -0.2) is 0 Å². The van der Waals surface area contributed by atoms with Crippen LogP contribution in [0.2, 0.25) is 0 Å². The van der Waals surface area contributed by atoms with Crippen molar-refractivity contribution in [1.82, 2.24) is 20.1 Å². The average molecular weight is 274 g/mol. The van der Waals surface area contributed by atoms with Gasteiger partial charge in [-0.3, -0.25) is 9.88 Å². The molecule has 6 nitrogen and oxygen atoms in total. The summed E-state index contributed by atoms with van der Waals surface area (Å²) in [4.78, 5) is 6.47. The van der Waals surface area contributed by atoms with E-state index >= 15 is 0 Å². The van der Waals surface area contributed by atoms with E-state index in [0.717, 1.165) is 19.6 Å². The first kappa shape index (κ1) is 13.2. The van der Waals surface area contributed by atoms with Crippen LogP contribution in [0.1, 0.15) is 29.0 Å². The third-order valence-corrected chi connectivity index (χ3v) is 3.50. The smallest absolute Gasteiger partial charge is 0.246 e. The van der Waals surface area contributed by atoms with E-state index in [0.29, 0.717) is 18.4 Å². The molecule has 1 unspecified atom stereocenters. The maximum Gasteiger partial charge on any atom is 0.246 e. The number of aryl methyl sites for hydroxylation is 2. The summed E-state index contributed by atoms with van der Waals surface area (Å²) in [6.07, 6.45) is 3.60. The zero-order chi connectivity index (χ0) is 13.9. The number of rotatable bonds is 3. The van der Waals surface area contributed by atoms with Crippen molar-refractivity contribution >= 4 is 0 Å². The van der Waals surface area contributed by atoms with E-state index in [-0.39, 0.29) is 6.10 Å². The molecular weight excluding hydrogens is 256 g/mol. The third kappa shape index (κ3) is 2.86. The highest BCUT2D eigenvalue weighted by molar-refractivity contribution is 5.21. The summed E-state index contributed by atoms with van der Waals surface area (Å²) in [6, 6.07) is 2.07. The minimum atomic E-state index is -0.132. The lowest BCUT2D eigenvalue weighted by Gasteiger charge is -2.31. The van der Waals surface area contributed by atoms with E-state index in [9.17, 15) is 0 Å². The molecule has 0 amide bonds. The van der Waals surface area contributed by atoms with E-state index in [1.54, 1.807) is 6.92 Å². The Morgan fingerprint density at radius 1 is 1.35 bits per heavy atom. The number of pyridine rings is 1. The van der Waals surface area contributed by atoms with Crippen LogP contribution in [0.4, 0.5) is 0 Å². The molecule has 106 valence electrons. The van der Waals surface area contributed by atoms with Gasteiger partial charge in [0.2, 0.25) is 11.8 Å². The predicted molar refractivity (Wildman–Crippen MR) is 72.0 cm³/mol. The molecule has 0 radical (unpaired) electrons. The summed E-state index contributed by atoms with van der Waals surface area (Å²) in [7, 11) is 0. The number of morpholine rings is 1. The fourth-order valence-corrected chi connectivity index (χ4v) is 2.36. The molecule has 0 bridgehead atoms. The summed E-state index contributed by atoms with van der Waals surface area (Å²) in [5.41, 5.74) is 2.51. The number of nitrogens with zero attached hydrogens (tertiary/aromatic N) is 4. The Morgan fingerprint density at radius 2 is 2.25 bits per heavy atom. The molecule has 6 heteroatoms. The number of hydrogen-bond acceptors (Lipinski definition) is 6. The Morgan fingerprint density at radius 3 is 3.00 bits per heavy atom. The molecule has 1 atom stereocenters. The molecule has 2 aromatic heterocycles. The average Bonchev–Trinajstić information content (AvgIpc) is 2.89. The molecule has 0 spiro atoms. The van der Waals surface area contributed by atoms with Gasteiger partial charge in [-0.1, -0.05) is 0 Å². The monoisotopic (exact) mass is 274 g/mol. The van der Waals surface area contributed by atoms with Crippen LogP contribution in [0.5, 0.6) is 0 Å². The van der Waals surface area contributed by atoms with E-state index in [4.69, 9.17) is 9.15 Å². The molecule has 0 aliphatic carbocycles. The van der Waals surface area contributed by atoms with E-state index in [1.165, 1.54) is 11.1 Å². The second-order valence-electron chi connectivity index (χ2n) is 5.06. The highest BCUT2D eigenvalue weighted by atomic mass is 16.5. The Labute approximate surface area is 117 Å². The van der Waals surface area contributed by atoms with Gasteiger partial charge < -0.3 is 9.15 Å². The first-order chi connectivity index (χ1) is 9.72. The minimum Gasteiger partial charge on any atom is -0.423 e. The van der Waals surface area contributed by atoms with Crippen molar-refractivity contribution < 1.29 is 9.15 Å². The van der Waals surface area contributed by atoms with Crippen LogP contribution >= 0.6 is 0 Å². The molecule has 1 aliphatic heterocycles. The SMILES string of the molecule is Cc1nnc(C2CN(Cc3ccncc3C)CCO2)o1. The molecule has 3 rings (SSSR count). The normalized spacial score (nSPS) is 20.2. The molecule has 1 fully saturated rings. The maximum absolute atomic E-state index is 5.73. The van der Waals surface area contributed by atoms with Crippen LogP contribution in [0, 0.1) is 13.8 Å². The fourth-order valence-electron chi connectivity index (χ4n) is 2.36. The molecule has 1 saturated heterocycles. The molecule has 0 saturated carbocycles. The quantitative estimate of drug-likeness (QED) is 0.848. The first-order valence-electron chi connectivity index (χ1n) is 6.76. The van der Waals surface area contributed by atoms with Crippen LogP contribution < -0.4 is 0 Å².